The number of hydrogen-bond donors (Lipinski definition) is 0. The molecule has 0 heterocycles. The van der Waals surface area contributed by atoms with E-state index in [1.807, 2.05) is 110 Å². The smallest absolute Gasteiger partial charge is 0.318 e. The highest BCUT2D eigenvalue weighted by molar-refractivity contribution is 6.09. The Morgan fingerprint density at radius 2 is 0.979 bits per heavy atom. The summed E-state index contributed by atoms with van der Waals surface area (Å²) in [7, 11) is 0. The zero-order chi connectivity index (χ0) is 33.3. The van der Waals surface area contributed by atoms with Gasteiger partial charge in [-0.2, -0.15) is 0 Å². The van der Waals surface area contributed by atoms with Gasteiger partial charge in [0.05, 0.1) is 17.0 Å². The summed E-state index contributed by atoms with van der Waals surface area (Å²) < 4.78 is 0. The number of benzene rings is 5. The minimum absolute atomic E-state index is 0.0502. The minimum Gasteiger partial charge on any atom is -0.318 e. The lowest BCUT2D eigenvalue weighted by atomic mass is 10.0. The summed E-state index contributed by atoms with van der Waals surface area (Å²) in [5.41, 5.74) is 7.86. The van der Waals surface area contributed by atoms with Crippen LogP contribution in [0.3, 0.4) is 0 Å². The molecule has 0 atom stereocenters. The van der Waals surface area contributed by atoms with Gasteiger partial charge in [-0.05, 0) is 98.6 Å². The maximum atomic E-state index is 13.2. The molecule has 47 heavy (non-hydrogen) atoms. The monoisotopic (exact) mass is 623 g/mol. The number of oxime groups is 2. The molecule has 8 nitrogen and oxygen atoms in total. The molecule has 0 spiro atoms. The lowest BCUT2D eigenvalue weighted by Gasteiger charge is -2.26. The number of carbonyl (C=O) groups is 3. The molecular weight excluding hydrogens is 590 g/mol. The van der Waals surface area contributed by atoms with Gasteiger partial charge in [0.1, 0.15) is 0 Å². The Kier molecular flexibility index (Phi) is 10.1. The number of anilines is 3. The first-order valence-corrected chi connectivity index (χ1v) is 14.9. The standard InChI is InChI=1S/C39H33N3O5/c1-26-9-8-12-34(25-26)38(44)32-17-23-37(24-18-32)42(35-19-13-30(14-20-35)27(2)40-46-29(4)43)36-21-15-31(16-22-36)28(3)41-47-39(45)33-10-6-5-7-11-33/h5-25H,1-4H3. The van der Waals surface area contributed by atoms with Gasteiger partial charge in [-0.15, -0.1) is 0 Å². The Bertz CT molecular complexity index is 1950. The van der Waals surface area contributed by atoms with Crippen LogP contribution >= 0.6 is 0 Å². The van der Waals surface area contributed by atoms with E-state index >= 15 is 0 Å². The lowest BCUT2D eigenvalue weighted by molar-refractivity contribution is -0.140. The van der Waals surface area contributed by atoms with Crippen LogP contribution in [0.15, 0.2) is 138 Å². The van der Waals surface area contributed by atoms with E-state index in [9.17, 15) is 14.4 Å². The SMILES string of the molecule is CC(=O)ON=C(C)c1ccc(N(c2ccc(C(=O)c3cccc(C)c3)cc2)c2ccc(C(C)=NOC(=O)c3ccccc3)cc2)cc1. The van der Waals surface area contributed by atoms with E-state index in [-0.39, 0.29) is 5.78 Å². The van der Waals surface area contributed by atoms with Gasteiger partial charge in [-0.25, -0.2) is 9.59 Å². The zero-order valence-corrected chi connectivity index (χ0v) is 26.5. The Morgan fingerprint density at radius 3 is 1.47 bits per heavy atom. The Hall–Kier alpha value is -6.15. The molecule has 0 bridgehead atoms. The Balaban J connectivity index is 1.44. The molecule has 0 aliphatic rings. The van der Waals surface area contributed by atoms with Crippen molar-refractivity contribution in [2.24, 2.45) is 10.3 Å². The zero-order valence-electron chi connectivity index (χ0n) is 26.5. The van der Waals surface area contributed by atoms with Crippen molar-refractivity contribution in [3.8, 4) is 0 Å². The number of nitrogens with zero attached hydrogens (tertiary/aromatic N) is 3. The van der Waals surface area contributed by atoms with Gasteiger partial charge in [0.15, 0.2) is 5.78 Å². The van der Waals surface area contributed by atoms with Crippen LogP contribution in [0.25, 0.3) is 0 Å². The van der Waals surface area contributed by atoms with E-state index in [0.29, 0.717) is 28.1 Å². The summed E-state index contributed by atoms with van der Waals surface area (Å²) >= 11 is 0. The van der Waals surface area contributed by atoms with Gasteiger partial charge in [-0.1, -0.05) is 76.5 Å². The van der Waals surface area contributed by atoms with E-state index < -0.39 is 11.9 Å². The van der Waals surface area contributed by atoms with Crippen molar-refractivity contribution in [2.75, 3.05) is 4.90 Å². The average molecular weight is 624 g/mol. The van der Waals surface area contributed by atoms with Crippen molar-refractivity contribution in [3.05, 3.63) is 161 Å². The molecule has 0 saturated heterocycles. The molecule has 5 rings (SSSR count). The first-order chi connectivity index (χ1) is 22.7. The van der Waals surface area contributed by atoms with Gasteiger partial charge >= 0.3 is 11.9 Å². The first kappa shape index (κ1) is 32.2. The molecule has 0 amide bonds. The summed E-state index contributed by atoms with van der Waals surface area (Å²) in [5, 5.41) is 7.94. The number of hydrogen-bond acceptors (Lipinski definition) is 8. The van der Waals surface area contributed by atoms with E-state index in [1.165, 1.54) is 6.92 Å². The predicted octanol–water partition coefficient (Wildman–Crippen LogP) is 8.56. The molecule has 5 aromatic carbocycles. The van der Waals surface area contributed by atoms with Gasteiger partial charge in [0.2, 0.25) is 0 Å². The second-order valence-electron chi connectivity index (χ2n) is 10.9. The highest BCUT2D eigenvalue weighted by atomic mass is 16.7. The molecular formula is C39H33N3O5. The van der Waals surface area contributed by atoms with E-state index in [1.54, 1.807) is 38.1 Å². The topological polar surface area (TPSA) is 97.6 Å². The third kappa shape index (κ3) is 8.12. The van der Waals surface area contributed by atoms with Crippen LogP contribution in [0.4, 0.5) is 17.1 Å². The molecule has 0 aliphatic heterocycles. The van der Waals surface area contributed by atoms with Gasteiger partial charge in [0, 0.05) is 35.1 Å². The van der Waals surface area contributed by atoms with Crippen LogP contribution in [0.5, 0.6) is 0 Å². The lowest BCUT2D eigenvalue weighted by Crippen LogP contribution is -2.11. The molecule has 0 N–H and O–H groups in total. The quantitative estimate of drug-likeness (QED) is 0.0669. The summed E-state index contributed by atoms with van der Waals surface area (Å²) in [6.45, 7) is 6.79. The fraction of sp³-hybridized carbons (Fsp3) is 0.103. The van der Waals surface area contributed by atoms with Crippen LogP contribution in [-0.4, -0.2) is 29.1 Å². The summed E-state index contributed by atoms with van der Waals surface area (Å²) in [5.74, 6) is -1.08. The summed E-state index contributed by atoms with van der Waals surface area (Å²) in [4.78, 5) is 48.8. The van der Waals surface area contributed by atoms with Crippen molar-refractivity contribution in [3.63, 3.8) is 0 Å². The molecule has 234 valence electrons. The Morgan fingerprint density at radius 1 is 0.511 bits per heavy atom. The summed E-state index contributed by atoms with van der Waals surface area (Å²) in [6.07, 6.45) is 0. The molecule has 0 radical (unpaired) electrons. The third-order valence-corrected chi connectivity index (χ3v) is 7.34. The molecule has 8 heteroatoms. The van der Waals surface area contributed by atoms with Crippen LogP contribution in [-0.2, 0) is 14.5 Å². The third-order valence-electron chi connectivity index (χ3n) is 7.34. The van der Waals surface area contributed by atoms with Crippen LogP contribution in [0, 0.1) is 6.92 Å². The van der Waals surface area contributed by atoms with Crippen LogP contribution in [0.2, 0.25) is 0 Å². The normalized spacial score (nSPS) is 11.5. The van der Waals surface area contributed by atoms with Gasteiger partial charge < -0.3 is 14.6 Å². The molecule has 0 aliphatic carbocycles. The first-order valence-electron chi connectivity index (χ1n) is 14.9. The minimum atomic E-state index is -0.534. The molecule has 0 saturated carbocycles. The number of aryl methyl sites for hydroxylation is 1. The molecule has 0 unspecified atom stereocenters. The van der Waals surface area contributed by atoms with E-state index in [0.717, 1.165) is 33.8 Å². The van der Waals surface area contributed by atoms with E-state index in [2.05, 4.69) is 15.2 Å². The fourth-order valence-electron chi connectivity index (χ4n) is 4.84. The van der Waals surface area contributed by atoms with Gasteiger partial charge in [-0.3, -0.25) is 4.79 Å². The average Bonchev–Trinajstić information content (AvgIpc) is 3.10. The van der Waals surface area contributed by atoms with Crippen LogP contribution in [0.1, 0.15) is 63.7 Å². The largest absolute Gasteiger partial charge is 0.365 e. The van der Waals surface area contributed by atoms with Crippen molar-refractivity contribution in [1.82, 2.24) is 0 Å². The van der Waals surface area contributed by atoms with E-state index in [4.69, 9.17) is 9.68 Å². The maximum absolute atomic E-state index is 13.2. The second-order valence-corrected chi connectivity index (χ2v) is 10.9. The Labute approximate surface area is 273 Å². The predicted molar refractivity (Wildman–Crippen MR) is 184 cm³/mol. The van der Waals surface area contributed by atoms with Crippen LogP contribution < -0.4 is 4.90 Å². The maximum Gasteiger partial charge on any atom is 0.365 e. The van der Waals surface area contributed by atoms with Crippen molar-refractivity contribution in [2.45, 2.75) is 27.7 Å². The second kappa shape index (κ2) is 14.8. The van der Waals surface area contributed by atoms with Crippen molar-refractivity contribution in [1.29, 1.82) is 0 Å². The highest BCUT2D eigenvalue weighted by Crippen LogP contribution is 2.35. The number of carbonyl (C=O) groups excluding carboxylic acids is 3. The molecule has 0 aromatic heterocycles. The fourth-order valence-corrected chi connectivity index (χ4v) is 4.84. The number of ketones is 1. The number of rotatable bonds is 10. The summed E-state index contributed by atoms with van der Waals surface area (Å²) in [6, 6.07) is 39.1. The molecule has 0 fully saturated rings. The highest BCUT2D eigenvalue weighted by Gasteiger charge is 2.16. The molecule has 5 aromatic rings. The van der Waals surface area contributed by atoms with Gasteiger partial charge in [0.25, 0.3) is 0 Å². The van der Waals surface area contributed by atoms with Crippen molar-refractivity contribution < 1.29 is 24.1 Å². The van der Waals surface area contributed by atoms with Crippen molar-refractivity contribution >= 4 is 46.2 Å².